The van der Waals surface area contributed by atoms with Crippen LogP contribution in [0.4, 0.5) is 0 Å². The Bertz CT molecular complexity index is 1870. The van der Waals surface area contributed by atoms with Gasteiger partial charge in [0.2, 0.25) is 12.6 Å². The van der Waals surface area contributed by atoms with Gasteiger partial charge in [-0.05, 0) is 56.9 Å². The van der Waals surface area contributed by atoms with Crippen molar-refractivity contribution in [3.8, 4) is 0 Å². The van der Waals surface area contributed by atoms with Crippen molar-refractivity contribution in [2.24, 2.45) is 0 Å². The molecule has 74 heavy (non-hydrogen) atoms. The van der Waals surface area contributed by atoms with Crippen molar-refractivity contribution in [2.75, 3.05) is 13.2 Å². The Morgan fingerprint density at radius 1 is 0.405 bits per heavy atom. The third kappa shape index (κ3) is 21.3. The van der Waals surface area contributed by atoms with E-state index < -0.39 is 137 Å². The third-order valence-corrected chi connectivity index (χ3v) is 12.3. The highest BCUT2D eigenvalue weighted by atomic mass is 31.2. The highest BCUT2D eigenvalue weighted by Crippen LogP contribution is 2.55. The van der Waals surface area contributed by atoms with Gasteiger partial charge in [-0.1, -0.05) is 85.7 Å². The van der Waals surface area contributed by atoms with E-state index in [0.29, 0.717) is 44.1 Å². The summed E-state index contributed by atoms with van der Waals surface area (Å²) < 4.78 is 93.5. The molecule has 0 unspecified atom stereocenters. The summed E-state index contributed by atoms with van der Waals surface area (Å²) in [6.45, 7) is 11.9. The molecule has 0 radical (unpaired) electrons. The average Bonchev–Trinajstić information content (AvgIpc) is 3.34. The first-order valence-corrected chi connectivity index (χ1v) is 27.4. The molecule has 0 amide bonds. The van der Waals surface area contributed by atoms with Gasteiger partial charge in [0.05, 0.1) is 6.61 Å². The van der Waals surface area contributed by atoms with Crippen molar-refractivity contribution in [1.29, 1.82) is 0 Å². The second-order valence-electron chi connectivity index (χ2n) is 17.6. The molecule has 3 rings (SSSR count). The molecule has 0 spiro atoms. The Hall–Kier alpha value is -4.99. The van der Waals surface area contributed by atoms with Gasteiger partial charge in [0, 0.05) is 51.4 Å². The lowest BCUT2D eigenvalue weighted by Crippen LogP contribution is -2.63. The van der Waals surface area contributed by atoms with Gasteiger partial charge >= 0.3 is 55.6 Å². The minimum atomic E-state index is -5.47. The number of hydrogen-bond donors (Lipinski definition) is 0. The molecule has 0 aliphatic carbocycles. The summed E-state index contributed by atoms with van der Waals surface area (Å²) in [6, 6.07) is 8.25. The molecule has 418 valence electrons. The summed E-state index contributed by atoms with van der Waals surface area (Å²) in [7, 11) is -5.47. The molecule has 2 saturated heterocycles. The Morgan fingerprint density at radius 3 is 1.00 bits per heavy atom. The molecule has 2 fully saturated rings. The van der Waals surface area contributed by atoms with Crippen molar-refractivity contribution in [3.05, 3.63) is 35.9 Å². The molecular formula is C51H77O22P. The lowest BCUT2D eigenvalue weighted by Gasteiger charge is -2.46. The molecule has 0 saturated carbocycles. The van der Waals surface area contributed by atoms with Gasteiger partial charge < -0.3 is 47.4 Å². The largest absolute Gasteiger partial charge is 0.480 e. The maximum atomic E-state index is 15.8. The molecular weight excluding hydrogens is 996 g/mol. The van der Waals surface area contributed by atoms with E-state index in [0.717, 1.165) is 0 Å². The van der Waals surface area contributed by atoms with E-state index in [-0.39, 0.29) is 64.2 Å². The van der Waals surface area contributed by atoms with Crippen LogP contribution < -0.4 is 0 Å². The Balaban J connectivity index is 2.38. The zero-order chi connectivity index (χ0) is 54.6. The first-order valence-electron chi connectivity index (χ1n) is 25.9. The molecule has 0 aromatic heterocycles. The standard InChI is InChI=1S/C51H77O22P/c1-9-20-36(52)61-31-34-44(66-38(54)22-11-3)46(68-40(56)24-13-5)48(70-42(58)26-15-7)50(64-34)72-74(60,63-30-33-28-18-17-19-29-33)73-51-49(71-43(59)27-16-8)47(69-41(57)25-14-6)45(67-39(55)23-12-4)35(65-51)32-62-37(53)21-10-2/h17-19,28-29,34-35,44-51H,9-16,20-27,30-32H2,1-8H3/t34-,35-,44-,45-,46+,47+,48+,49+,50-,51-/m1/s1. The van der Waals surface area contributed by atoms with E-state index in [1.54, 1.807) is 85.7 Å². The highest BCUT2D eigenvalue weighted by molar-refractivity contribution is 7.48. The molecule has 2 aliphatic heterocycles. The monoisotopic (exact) mass is 1070 g/mol. The second-order valence-corrected chi connectivity index (χ2v) is 19.2. The fourth-order valence-corrected chi connectivity index (χ4v) is 8.78. The molecule has 1 aromatic carbocycles. The van der Waals surface area contributed by atoms with Gasteiger partial charge in [0.25, 0.3) is 0 Å². The van der Waals surface area contributed by atoms with Crippen LogP contribution in [0.15, 0.2) is 30.3 Å². The van der Waals surface area contributed by atoms with E-state index in [9.17, 15) is 38.4 Å². The Kier molecular flexibility index (Phi) is 28.9. The number of rotatable bonds is 33. The van der Waals surface area contributed by atoms with Crippen LogP contribution >= 0.6 is 7.82 Å². The fourth-order valence-electron chi connectivity index (χ4n) is 7.46. The number of phosphoric ester groups is 1. The lowest BCUT2D eigenvalue weighted by atomic mass is 9.98. The van der Waals surface area contributed by atoms with Crippen molar-refractivity contribution in [3.63, 3.8) is 0 Å². The van der Waals surface area contributed by atoms with Gasteiger partial charge in [-0.2, -0.15) is 0 Å². The number of carbonyl (C=O) groups excluding carboxylic acids is 8. The predicted octanol–water partition coefficient (Wildman–Crippen LogP) is 7.75. The molecule has 10 atom stereocenters. The van der Waals surface area contributed by atoms with Crippen LogP contribution in [-0.2, 0) is 110 Å². The quantitative estimate of drug-likeness (QED) is 0.0369. The highest BCUT2D eigenvalue weighted by Gasteiger charge is 2.59. The fraction of sp³-hybridized carbons (Fsp3) is 0.725. The zero-order valence-corrected chi connectivity index (χ0v) is 44.9. The Morgan fingerprint density at radius 2 is 0.689 bits per heavy atom. The van der Waals surface area contributed by atoms with E-state index in [4.69, 9.17) is 60.9 Å². The van der Waals surface area contributed by atoms with Crippen LogP contribution in [0.25, 0.3) is 0 Å². The van der Waals surface area contributed by atoms with E-state index in [2.05, 4.69) is 0 Å². The number of ether oxygens (including phenoxy) is 10. The van der Waals surface area contributed by atoms with Gasteiger partial charge in [-0.25, -0.2) is 4.57 Å². The minimum Gasteiger partial charge on any atom is -0.463 e. The maximum Gasteiger partial charge on any atom is 0.480 e. The normalized spacial score (nSPS) is 24.3. The predicted molar refractivity (Wildman–Crippen MR) is 259 cm³/mol. The van der Waals surface area contributed by atoms with E-state index in [1.807, 2.05) is 0 Å². The first-order chi connectivity index (χ1) is 35.5. The summed E-state index contributed by atoms with van der Waals surface area (Å²) in [5.41, 5.74) is 0.413. The first kappa shape index (κ1) is 63.3. The number of esters is 8. The van der Waals surface area contributed by atoms with E-state index in [1.165, 1.54) is 0 Å². The summed E-state index contributed by atoms with van der Waals surface area (Å²) in [6.07, 6.45) is -16.4. The van der Waals surface area contributed by atoms with Gasteiger partial charge in [0.15, 0.2) is 36.6 Å². The summed E-state index contributed by atoms with van der Waals surface area (Å²) in [4.78, 5) is 106. The van der Waals surface area contributed by atoms with Crippen LogP contribution in [-0.4, -0.2) is 122 Å². The molecule has 23 heteroatoms. The third-order valence-electron chi connectivity index (χ3n) is 10.9. The smallest absolute Gasteiger partial charge is 0.463 e. The molecule has 0 bridgehead atoms. The minimum absolute atomic E-state index is 0.0208. The summed E-state index contributed by atoms with van der Waals surface area (Å²) in [5, 5.41) is 0. The number of benzene rings is 1. The lowest BCUT2D eigenvalue weighted by molar-refractivity contribution is -0.306. The van der Waals surface area contributed by atoms with E-state index >= 15 is 4.57 Å². The second kappa shape index (κ2) is 33.8. The van der Waals surface area contributed by atoms with Crippen molar-refractivity contribution >= 4 is 55.6 Å². The topological polar surface area (TPSA) is 274 Å². The molecule has 1 aromatic rings. The van der Waals surface area contributed by atoms with Crippen LogP contribution in [0.3, 0.4) is 0 Å². The summed E-state index contributed by atoms with van der Waals surface area (Å²) >= 11 is 0. The van der Waals surface area contributed by atoms with Gasteiger partial charge in [-0.3, -0.25) is 51.9 Å². The van der Waals surface area contributed by atoms with Gasteiger partial charge in [0.1, 0.15) is 25.4 Å². The van der Waals surface area contributed by atoms with Gasteiger partial charge in [-0.15, -0.1) is 0 Å². The number of hydrogen-bond acceptors (Lipinski definition) is 22. The molecule has 22 nitrogen and oxygen atoms in total. The summed E-state index contributed by atoms with van der Waals surface area (Å²) in [5.74, 6) is -6.32. The van der Waals surface area contributed by atoms with Crippen LogP contribution in [0.1, 0.15) is 164 Å². The van der Waals surface area contributed by atoms with Crippen molar-refractivity contribution < 1.29 is 104 Å². The van der Waals surface area contributed by atoms with Crippen LogP contribution in [0.5, 0.6) is 0 Å². The van der Waals surface area contributed by atoms with Crippen LogP contribution in [0.2, 0.25) is 0 Å². The average molecular weight is 1070 g/mol. The van der Waals surface area contributed by atoms with Crippen LogP contribution in [0, 0.1) is 0 Å². The molecule has 0 N–H and O–H groups in total. The zero-order valence-electron chi connectivity index (χ0n) is 44.0. The molecule has 2 heterocycles. The SMILES string of the molecule is CCCC(=O)OC[C@H]1O[C@H](OP(=O)(OCc2ccccc2)O[C@H]2O[C@H](COC(=O)CCC)[C@@H](OC(=O)CCC)[C@H](OC(=O)CCC)[C@@H]2OC(=O)CCC)[C@@H](OC(=O)CCC)[C@@H](OC(=O)CCC)[C@@H]1OC(=O)CCC. The number of carbonyl (C=O) groups is 8. The van der Waals surface area contributed by atoms with Crippen molar-refractivity contribution in [2.45, 2.75) is 226 Å². The maximum absolute atomic E-state index is 15.8. The Labute approximate surface area is 433 Å². The number of phosphoric acid groups is 1. The molecule has 2 aliphatic rings. The van der Waals surface area contributed by atoms with Crippen molar-refractivity contribution in [1.82, 2.24) is 0 Å².